The van der Waals surface area contributed by atoms with Crippen LogP contribution in [0.15, 0.2) is 0 Å². The number of unbranched alkanes of at least 4 members (excludes halogenated alkanes) is 2. The molecule has 0 unspecified atom stereocenters. The van der Waals surface area contributed by atoms with Gasteiger partial charge < -0.3 is 75.5 Å². The average Bonchev–Trinajstić information content (AvgIpc) is 3.21. The number of nitrogens with one attached hydrogen (secondary N) is 7. The molecule has 0 saturated heterocycles. The van der Waals surface area contributed by atoms with Crippen molar-refractivity contribution >= 4 is 65.2 Å². The number of hydrogen-bond donors (Lipinski definition) is 14. The summed E-state index contributed by atoms with van der Waals surface area (Å²) in [5.41, 5.74) is 22.4. The van der Waals surface area contributed by atoms with Crippen LogP contribution < -0.4 is 60.2 Å². The minimum atomic E-state index is -1.71. The van der Waals surface area contributed by atoms with Crippen LogP contribution in [0.2, 0.25) is 0 Å². The molecule has 370 valence electrons. The van der Waals surface area contributed by atoms with Crippen LogP contribution in [0, 0.1) is 11.8 Å². The van der Waals surface area contributed by atoms with Crippen molar-refractivity contribution in [1.82, 2.24) is 37.2 Å². The van der Waals surface area contributed by atoms with Gasteiger partial charge in [0.2, 0.25) is 47.3 Å². The summed E-state index contributed by atoms with van der Waals surface area (Å²) in [4.78, 5) is 140. The largest absolute Gasteiger partial charge is 0.481 e. The fourth-order valence-corrected chi connectivity index (χ4v) is 6.16. The number of nitrogens with two attached hydrogens (primary N) is 4. The lowest BCUT2D eigenvalue weighted by Gasteiger charge is -2.29. The molecule has 0 aromatic carbocycles. The fourth-order valence-electron chi connectivity index (χ4n) is 6.16. The normalized spacial score (nSPS) is 15.2. The van der Waals surface area contributed by atoms with Crippen LogP contribution in [0.25, 0.3) is 0 Å². The van der Waals surface area contributed by atoms with Gasteiger partial charge in [0.15, 0.2) is 0 Å². The van der Waals surface area contributed by atoms with E-state index in [9.17, 15) is 57.8 Å². The van der Waals surface area contributed by atoms with E-state index < -0.39 is 145 Å². The van der Waals surface area contributed by atoms with E-state index in [1.54, 1.807) is 27.7 Å². The molecular weight excluding hydrogens is 859 g/mol. The van der Waals surface area contributed by atoms with E-state index in [0.717, 1.165) is 0 Å². The van der Waals surface area contributed by atoms with E-state index in [2.05, 4.69) is 37.2 Å². The number of aliphatic carboxylic acids is 3. The number of carbonyl (C=O) groups is 11. The van der Waals surface area contributed by atoms with Gasteiger partial charge in [-0.3, -0.25) is 47.9 Å². The Balaban J connectivity index is 6.52. The minimum absolute atomic E-state index is 0.0199. The number of carboxylic acid groups (broad SMARTS) is 3. The van der Waals surface area contributed by atoms with Crippen LogP contribution in [0.5, 0.6) is 0 Å². The van der Waals surface area contributed by atoms with E-state index in [-0.39, 0.29) is 44.7 Å². The monoisotopic (exact) mass is 930 g/mol. The molecule has 0 aliphatic rings. The van der Waals surface area contributed by atoms with Crippen LogP contribution in [0.4, 0.5) is 0 Å². The number of hydrogen-bond acceptors (Lipinski definition) is 14. The second-order valence-corrected chi connectivity index (χ2v) is 16.3. The third-order valence-electron chi connectivity index (χ3n) is 10.1. The molecule has 0 radical (unpaired) electrons. The van der Waals surface area contributed by atoms with Gasteiger partial charge in [0.25, 0.3) is 0 Å². The van der Waals surface area contributed by atoms with Gasteiger partial charge in [-0.15, -0.1) is 0 Å². The molecule has 0 aromatic rings. The molecule has 0 aliphatic carbocycles. The van der Waals surface area contributed by atoms with Gasteiger partial charge in [-0.2, -0.15) is 0 Å². The van der Waals surface area contributed by atoms with Crippen molar-refractivity contribution in [2.45, 2.75) is 160 Å². The summed E-state index contributed by atoms with van der Waals surface area (Å²) >= 11 is 0. The van der Waals surface area contributed by atoms with Crippen molar-refractivity contribution in [3.8, 4) is 0 Å². The number of amides is 8. The van der Waals surface area contributed by atoms with Gasteiger partial charge in [0.05, 0.1) is 18.9 Å². The van der Waals surface area contributed by atoms with Crippen molar-refractivity contribution in [2.75, 3.05) is 13.1 Å². The molecule has 0 spiro atoms. The Kier molecular flexibility index (Phi) is 28.2. The highest BCUT2D eigenvalue weighted by molar-refractivity contribution is 5.98. The van der Waals surface area contributed by atoms with E-state index >= 15 is 0 Å². The number of carboxylic acids is 3. The number of carbonyl (C=O) groups excluding carboxylic acids is 8. The maximum Gasteiger partial charge on any atom is 0.326 e. The topological polar surface area (TPSA) is 437 Å². The maximum absolute atomic E-state index is 14.0. The molecule has 18 N–H and O–H groups in total. The third-order valence-corrected chi connectivity index (χ3v) is 10.1. The van der Waals surface area contributed by atoms with Crippen molar-refractivity contribution in [3.63, 3.8) is 0 Å². The zero-order chi connectivity index (χ0) is 50.0. The Hall–Kier alpha value is -5.95. The predicted molar refractivity (Wildman–Crippen MR) is 232 cm³/mol. The van der Waals surface area contributed by atoms with Crippen LogP contribution in [0.3, 0.4) is 0 Å². The van der Waals surface area contributed by atoms with E-state index in [0.29, 0.717) is 25.7 Å². The van der Waals surface area contributed by atoms with Crippen molar-refractivity contribution in [1.29, 1.82) is 0 Å². The van der Waals surface area contributed by atoms with E-state index in [1.807, 2.05) is 0 Å². The Morgan fingerprint density at radius 2 is 0.969 bits per heavy atom. The fraction of sp³-hybridized carbons (Fsp3) is 0.725. The maximum atomic E-state index is 14.0. The Bertz CT molecular complexity index is 1650. The van der Waals surface area contributed by atoms with Gasteiger partial charge in [-0.1, -0.05) is 34.1 Å². The molecule has 25 nitrogen and oxygen atoms in total. The van der Waals surface area contributed by atoms with Crippen LogP contribution in [-0.4, -0.2) is 142 Å². The Morgan fingerprint density at radius 1 is 0.508 bits per heavy atom. The third kappa shape index (κ3) is 24.1. The van der Waals surface area contributed by atoms with Gasteiger partial charge >= 0.3 is 17.9 Å². The minimum Gasteiger partial charge on any atom is -0.481 e. The molecule has 0 aromatic heterocycles. The Labute approximate surface area is 377 Å². The van der Waals surface area contributed by atoms with Gasteiger partial charge in [0, 0.05) is 6.42 Å². The first kappa shape index (κ1) is 59.0. The molecule has 25 heteroatoms. The average molecular weight is 930 g/mol. The molecule has 0 saturated carbocycles. The van der Waals surface area contributed by atoms with Gasteiger partial charge in [-0.05, 0) is 83.2 Å². The second kappa shape index (κ2) is 31.0. The lowest BCUT2D eigenvalue weighted by molar-refractivity contribution is -0.143. The van der Waals surface area contributed by atoms with Crippen molar-refractivity contribution < 1.29 is 68.1 Å². The SMILES string of the molecule is CC[C@H](C)[C@H](NC(=O)[C@H](C)NC(=O)[C@@H](N)CC(=O)O)C(=O)N[C@@H](CCCCN)C(=O)N[C@@H](CCCCN)C(=O)N[C@@H](CC(N)=O)C(=O)N[C@@H](CC(C)C)C(=O)N[C@@H](CCC(=O)O)C(=O)O. The van der Waals surface area contributed by atoms with Crippen LogP contribution in [0.1, 0.15) is 112 Å². The molecule has 0 bridgehead atoms. The Morgan fingerprint density at radius 3 is 1.42 bits per heavy atom. The summed E-state index contributed by atoms with van der Waals surface area (Å²) in [7, 11) is 0. The summed E-state index contributed by atoms with van der Waals surface area (Å²) in [5.74, 6) is -12.3. The number of primary amides is 1. The second-order valence-electron chi connectivity index (χ2n) is 16.3. The van der Waals surface area contributed by atoms with Crippen LogP contribution in [-0.2, 0) is 52.7 Å². The van der Waals surface area contributed by atoms with E-state index in [4.69, 9.17) is 33.1 Å². The quantitative estimate of drug-likeness (QED) is 0.0277. The summed E-state index contributed by atoms with van der Waals surface area (Å²) in [5, 5.41) is 44.6. The lowest BCUT2D eigenvalue weighted by atomic mass is 9.97. The van der Waals surface area contributed by atoms with Gasteiger partial charge in [0.1, 0.15) is 42.3 Å². The molecule has 65 heavy (non-hydrogen) atoms. The molecule has 0 rings (SSSR count). The first-order valence-corrected chi connectivity index (χ1v) is 21.6. The number of rotatable bonds is 34. The first-order chi connectivity index (χ1) is 30.4. The van der Waals surface area contributed by atoms with Gasteiger partial charge in [-0.25, -0.2) is 4.79 Å². The highest BCUT2D eigenvalue weighted by Gasteiger charge is 2.35. The molecule has 0 aliphatic heterocycles. The first-order valence-electron chi connectivity index (χ1n) is 21.6. The summed E-state index contributed by atoms with van der Waals surface area (Å²) in [6.45, 7) is 8.55. The highest BCUT2D eigenvalue weighted by atomic mass is 16.4. The van der Waals surface area contributed by atoms with Crippen molar-refractivity contribution in [3.05, 3.63) is 0 Å². The standard InChI is InChI=1S/C40H71N11O14/c1-6-21(4)32(51-33(57)22(5)45-34(58)23(43)18-31(55)56)39(63)47-25(12-8-10-16-42)35(59)46-24(11-7-9-15-41)36(60)50-28(19-29(44)52)38(62)49-27(17-20(2)3)37(61)48-26(40(64)65)13-14-30(53)54/h20-28,32H,6-19,41-43H2,1-5H3,(H2,44,52)(H,45,58)(H,46,59)(H,47,63)(H,48,61)(H,49,62)(H,50,60)(H,51,57)(H,53,54)(H,55,56)(H,64,65)/t21-,22-,23-,24-,25-,26-,27-,28-,32-/m0/s1. The zero-order valence-corrected chi connectivity index (χ0v) is 37.8. The van der Waals surface area contributed by atoms with Crippen molar-refractivity contribution in [2.24, 2.45) is 34.8 Å². The lowest BCUT2D eigenvalue weighted by Crippen LogP contribution is -2.61. The zero-order valence-electron chi connectivity index (χ0n) is 37.8. The summed E-state index contributed by atoms with van der Waals surface area (Å²) in [6.07, 6.45) is -0.752. The molecule has 0 fully saturated rings. The molecule has 9 atom stereocenters. The summed E-state index contributed by atoms with van der Waals surface area (Å²) < 4.78 is 0. The summed E-state index contributed by atoms with van der Waals surface area (Å²) in [6, 6.07) is -11.4. The highest BCUT2D eigenvalue weighted by Crippen LogP contribution is 2.13. The van der Waals surface area contributed by atoms with E-state index in [1.165, 1.54) is 6.92 Å². The predicted octanol–water partition coefficient (Wildman–Crippen LogP) is -3.62. The molecule has 0 heterocycles. The molecule has 8 amide bonds. The van der Waals surface area contributed by atoms with Crippen LogP contribution >= 0.6 is 0 Å². The smallest absolute Gasteiger partial charge is 0.326 e. The molecular formula is C40H71N11O14.